The minimum absolute atomic E-state index is 0.223. The Labute approximate surface area is 269 Å². The fourth-order valence-electron chi connectivity index (χ4n) is 4.49. The molecule has 0 radical (unpaired) electrons. The summed E-state index contributed by atoms with van der Waals surface area (Å²) in [5.74, 6) is 0.522. The van der Waals surface area contributed by atoms with Gasteiger partial charge in [-0.1, -0.05) is 48.0 Å². The van der Waals surface area contributed by atoms with Crippen LogP contribution in [0, 0.1) is 6.92 Å². The summed E-state index contributed by atoms with van der Waals surface area (Å²) >= 11 is 8.86. The fourth-order valence-corrected chi connectivity index (χ4v) is 5.19. The molecule has 0 saturated carbocycles. The Bertz CT molecular complexity index is 1610. The van der Waals surface area contributed by atoms with Crippen LogP contribution in [0.3, 0.4) is 0 Å². The summed E-state index contributed by atoms with van der Waals surface area (Å²) in [6.45, 7) is 5.81. The highest BCUT2D eigenvalue weighted by molar-refractivity contribution is 9.10. The lowest BCUT2D eigenvalue weighted by atomic mass is 9.95. The van der Waals surface area contributed by atoms with Crippen LogP contribution in [-0.2, 0) is 20.9 Å². The van der Waals surface area contributed by atoms with Crippen molar-refractivity contribution in [1.29, 1.82) is 0 Å². The van der Waals surface area contributed by atoms with Crippen LogP contribution in [0.4, 0.5) is 0 Å². The second-order valence-corrected chi connectivity index (χ2v) is 11.0. The zero-order chi connectivity index (χ0) is 31.6. The minimum Gasteiger partial charge on any atom is -0.493 e. The SMILES string of the molecule is CCOC(=O)C1=C(C)NC(=S)N[C@H]1c1ccccc1OCC(=O)NN=Cc1cc(OC)c(OCc2cccc(C)c2)cc1Br. The molecule has 0 aliphatic carbocycles. The third-order valence-corrected chi connectivity index (χ3v) is 7.41. The molecule has 44 heavy (non-hydrogen) atoms. The number of nitrogens with one attached hydrogen (secondary N) is 3. The molecule has 1 atom stereocenters. The molecule has 3 aromatic carbocycles. The number of esters is 1. The van der Waals surface area contributed by atoms with Gasteiger partial charge in [-0.15, -0.1) is 0 Å². The average Bonchev–Trinajstić information content (AvgIpc) is 2.99. The highest BCUT2D eigenvalue weighted by Gasteiger charge is 2.32. The number of nitrogens with zero attached hydrogens (tertiary/aromatic N) is 1. The topological polar surface area (TPSA) is 120 Å². The molecule has 1 aliphatic rings. The monoisotopic (exact) mass is 680 g/mol. The maximum atomic E-state index is 12.8. The molecule has 0 fully saturated rings. The van der Waals surface area contributed by atoms with Gasteiger partial charge in [-0.3, -0.25) is 4.79 Å². The summed E-state index contributed by atoms with van der Waals surface area (Å²) < 4.78 is 23.3. The van der Waals surface area contributed by atoms with Gasteiger partial charge in [0, 0.05) is 21.3 Å². The number of allylic oxidation sites excluding steroid dienone is 1. The van der Waals surface area contributed by atoms with Gasteiger partial charge in [0.25, 0.3) is 5.91 Å². The maximum absolute atomic E-state index is 12.8. The molecule has 0 spiro atoms. The molecule has 0 bridgehead atoms. The average molecular weight is 682 g/mol. The van der Waals surface area contributed by atoms with Crippen molar-refractivity contribution in [3.63, 3.8) is 0 Å². The highest BCUT2D eigenvalue weighted by Crippen LogP contribution is 2.35. The number of thiocarbonyl (C=S) groups is 1. The Morgan fingerprint density at radius 3 is 2.59 bits per heavy atom. The number of carbonyl (C=O) groups is 2. The first-order valence-electron chi connectivity index (χ1n) is 13.7. The predicted molar refractivity (Wildman–Crippen MR) is 175 cm³/mol. The van der Waals surface area contributed by atoms with Crippen molar-refractivity contribution in [3.05, 3.63) is 98.7 Å². The molecule has 230 valence electrons. The number of ether oxygens (including phenoxy) is 4. The number of carbonyl (C=O) groups excluding carboxylic acids is 2. The van der Waals surface area contributed by atoms with Gasteiger partial charge in [0.05, 0.1) is 31.5 Å². The van der Waals surface area contributed by atoms with Crippen molar-refractivity contribution in [3.8, 4) is 17.2 Å². The maximum Gasteiger partial charge on any atom is 0.338 e. The van der Waals surface area contributed by atoms with Gasteiger partial charge in [0.1, 0.15) is 12.4 Å². The fraction of sp³-hybridized carbons (Fsp3) is 0.250. The van der Waals surface area contributed by atoms with E-state index in [1.54, 1.807) is 51.3 Å². The van der Waals surface area contributed by atoms with Crippen LogP contribution in [0.15, 0.2) is 81.5 Å². The van der Waals surface area contributed by atoms with Gasteiger partial charge in [0.2, 0.25) is 0 Å². The van der Waals surface area contributed by atoms with Crippen molar-refractivity contribution in [1.82, 2.24) is 16.1 Å². The molecule has 0 saturated heterocycles. The van der Waals surface area contributed by atoms with Crippen molar-refractivity contribution in [2.45, 2.75) is 33.4 Å². The first-order valence-corrected chi connectivity index (χ1v) is 14.9. The van der Waals surface area contributed by atoms with E-state index in [1.165, 1.54) is 6.21 Å². The van der Waals surface area contributed by atoms with Crippen LogP contribution in [0.25, 0.3) is 0 Å². The van der Waals surface area contributed by atoms with Crippen molar-refractivity contribution in [2.24, 2.45) is 5.10 Å². The molecule has 10 nitrogen and oxygen atoms in total. The number of benzene rings is 3. The van der Waals surface area contributed by atoms with E-state index in [1.807, 2.05) is 31.2 Å². The molecule has 12 heteroatoms. The molecule has 1 amide bonds. The molecular formula is C32H33BrN4O6S. The zero-order valence-corrected chi connectivity index (χ0v) is 27.1. The van der Waals surface area contributed by atoms with E-state index < -0.39 is 17.9 Å². The minimum atomic E-state index is -0.629. The number of halogens is 1. The van der Waals surface area contributed by atoms with Crippen LogP contribution in [0.2, 0.25) is 0 Å². The lowest BCUT2D eigenvalue weighted by Gasteiger charge is -2.30. The van der Waals surface area contributed by atoms with Crippen LogP contribution in [0.5, 0.6) is 17.2 Å². The molecular weight excluding hydrogens is 648 g/mol. The lowest BCUT2D eigenvalue weighted by molar-refractivity contribution is -0.139. The number of hydrazone groups is 1. The number of rotatable bonds is 12. The van der Waals surface area contributed by atoms with Gasteiger partial charge >= 0.3 is 5.97 Å². The lowest BCUT2D eigenvalue weighted by Crippen LogP contribution is -2.45. The van der Waals surface area contributed by atoms with Crippen molar-refractivity contribution >= 4 is 51.4 Å². The normalized spacial score (nSPS) is 14.5. The molecule has 1 aliphatic heterocycles. The van der Waals surface area contributed by atoms with Crippen LogP contribution < -0.4 is 30.3 Å². The van der Waals surface area contributed by atoms with E-state index in [0.29, 0.717) is 55.8 Å². The molecule has 4 rings (SSSR count). The number of hydrogen-bond acceptors (Lipinski definition) is 8. The number of aryl methyl sites for hydroxylation is 1. The Morgan fingerprint density at radius 2 is 1.84 bits per heavy atom. The van der Waals surface area contributed by atoms with Crippen molar-refractivity contribution in [2.75, 3.05) is 20.3 Å². The van der Waals surface area contributed by atoms with E-state index in [-0.39, 0.29) is 13.2 Å². The largest absolute Gasteiger partial charge is 0.493 e. The van der Waals surface area contributed by atoms with Crippen LogP contribution in [-0.4, -0.2) is 43.5 Å². The summed E-state index contributed by atoms with van der Waals surface area (Å²) in [6, 6.07) is 18.1. The molecule has 3 N–H and O–H groups in total. The van der Waals surface area contributed by atoms with Crippen LogP contribution >= 0.6 is 28.1 Å². The summed E-state index contributed by atoms with van der Waals surface area (Å²) in [5.41, 5.74) is 6.91. The van der Waals surface area contributed by atoms with E-state index >= 15 is 0 Å². The third-order valence-electron chi connectivity index (χ3n) is 6.51. The Hall–Kier alpha value is -4.42. The number of para-hydroxylation sites is 1. The number of hydrogen-bond donors (Lipinski definition) is 3. The summed E-state index contributed by atoms with van der Waals surface area (Å²) in [7, 11) is 1.56. The molecule has 1 heterocycles. The number of amides is 1. The van der Waals surface area contributed by atoms with E-state index in [0.717, 1.165) is 11.1 Å². The standard InChI is InChI=1S/C32H33BrN4O6S/c1-5-41-31(39)29-20(3)35-32(44)36-30(29)23-11-6-7-12-25(23)43-18-28(38)37-34-16-22-14-26(40-4)27(15-24(22)33)42-17-21-10-8-9-19(2)13-21/h6-16,30H,5,17-18H2,1-4H3,(H,37,38)(H2,35,36,44)/t30-/m0/s1. The van der Waals surface area contributed by atoms with Gasteiger partial charge in [-0.25, -0.2) is 10.2 Å². The predicted octanol–water partition coefficient (Wildman–Crippen LogP) is 5.23. The highest BCUT2D eigenvalue weighted by atomic mass is 79.9. The quantitative estimate of drug-likeness (QED) is 0.102. The van der Waals surface area contributed by atoms with Gasteiger partial charge in [-0.05, 0) is 72.7 Å². The second kappa shape index (κ2) is 15.3. The first-order chi connectivity index (χ1) is 21.2. The smallest absolute Gasteiger partial charge is 0.338 e. The molecule has 0 aromatic heterocycles. The van der Waals surface area contributed by atoms with E-state index in [2.05, 4.69) is 43.2 Å². The van der Waals surface area contributed by atoms with E-state index in [9.17, 15) is 9.59 Å². The van der Waals surface area contributed by atoms with Gasteiger partial charge in [0.15, 0.2) is 23.2 Å². The summed E-state index contributed by atoms with van der Waals surface area (Å²) in [6.07, 6.45) is 1.49. The summed E-state index contributed by atoms with van der Waals surface area (Å²) in [4.78, 5) is 25.4. The Balaban J connectivity index is 1.40. The van der Waals surface area contributed by atoms with Crippen molar-refractivity contribution < 1.29 is 28.5 Å². The van der Waals surface area contributed by atoms with Gasteiger partial charge in [-0.2, -0.15) is 5.10 Å². The van der Waals surface area contributed by atoms with Crippen LogP contribution in [0.1, 0.15) is 42.1 Å². The zero-order valence-electron chi connectivity index (χ0n) is 24.7. The molecule has 3 aromatic rings. The Morgan fingerprint density at radius 1 is 1.05 bits per heavy atom. The first kappa shape index (κ1) is 32.5. The Kier molecular flexibility index (Phi) is 11.3. The van der Waals surface area contributed by atoms with Gasteiger partial charge < -0.3 is 29.6 Å². The molecule has 0 unspecified atom stereocenters. The third kappa shape index (κ3) is 8.35. The summed E-state index contributed by atoms with van der Waals surface area (Å²) in [5, 5.41) is 10.5. The second-order valence-electron chi connectivity index (χ2n) is 9.71. The van der Waals surface area contributed by atoms with E-state index in [4.69, 9.17) is 31.2 Å². The number of methoxy groups -OCH3 is 1.